The van der Waals surface area contributed by atoms with Gasteiger partial charge in [-0.1, -0.05) is 36.0 Å². The molecule has 88 valence electrons. The standard InChI is InChI=1S/C12H14N4S/c13-11-14-12(16-15-11)17-10-6-5-8-3-1-2-4-9(8)7-10/h1-4,10H,5-7H2,(H3,13,14,15,16)/t10-/m0/s1. The van der Waals surface area contributed by atoms with Crippen LogP contribution in [0.1, 0.15) is 17.5 Å². The molecular formula is C12H14N4S. The fourth-order valence-electron chi connectivity index (χ4n) is 2.22. The average molecular weight is 246 g/mol. The summed E-state index contributed by atoms with van der Waals surface area (Å²) in [4.78, 5) is 4.13. The van der Waals surface area contributed by atoms with Crippen LogP contribution in [-0.4, -0.2) is 20.4 Å². The summed E-state index contributed by atoms with van der Waals surface area (Å²) in [7, 11) is 0. The molecule has 0 fully saturated rings. The summed E-state index contributed by atoms with van der Waals surface area (Å²) in [5.41, 5.74) is 8.46. The summed E-state index contributed by atoms with van der Waals surface area (Å²) in [6.07, 6.45) is 3.42. The van der Waals surface area contributed by atoms with Crippen LogP contribution in [0.3, 0.4) is 0 Å². The molecule has 0 unspecified atom stereocenters. The molecule has 1 aromatic heterocycles. The van der Waals surface area contributed by atoms with Crippen LogP contribution in [-0.2, 0) is 12.8 Å². The maximum Gasteiger partial charge on any atom is 0.216 e. The Morgan fingerprint density at radius 2 is 2.12 bits per heavy atom. The Balaban J connectivity index is 1.72. The van der Waals surface area contributed by atoms with Crippen LogP contribution >= 0.6 is 11.8 Å². The minimum atomic E-state index is 0.392. The second-order valence-electron chi connectivity index (χ2n) is 4.25. The van der Waals surface area contributed by atoms with Crippen LogP contribution in [0, 0.1) is 0 Å². The van der Waals surface area contributed by atoms with Crippen molar-refractivity contribution < 1.29 is 0 Å². The highest BCUT2D eigenvalue weighted by molar-refractivity contribution is 7.99. The summed E-state index contributed by atoms with van der Waals surface area (Å²) in [6.45, 7) is 0. The van der Waals surface area contributed by atoms with Crippen LogP contribution in [0.4, 0.5) is 5.95 Å². The van der Waals surface area contributed by atoms with Crippen molar-refractivity contribution >= 4 is 17.7 Å². The smallest absolute Gasteiger partial charge is 0.216 e. The van der Waals surface area contributed by atoms with Crippen LogP contribution in [0.5, 0.6) is 0 Å². The number of hydrogen-bond acceptors (Lipinski definition) is 4. The van der Waals surface area contributed by atoms with E-state index in [9.17, 15) is 0 Å². The first-order chi connectivity index (χ1) is 8.31. The number of benzene rings is 1. The normalized spacial score (nSPS) is 18.9. The number of thioether (sulfide) groups is 1. The highest BCUT2D eigenvalue weighted by Crippen LogP contribution is 2.31. The van der Waals surface area contributed by atoms with Crippen molar-refractivity contribution in [1.29, 1.82) is 0 Å². The van der Waals surface area contributed by atoms with Gasteiger partial charge in [0.2, 0.25) is 11.1 Å². The SMILES string of the molecule is Nc1nc(S[C@H]2CCc3ccccc3C2)n[nH]1. The topological polar surface area (TPSA) is 67.6 Å². The summed E-state index contributed by atoms with van der Waals surface area (Å²) in [6, 6.07) is 8.66. The maximum absolute atomic E-state index is 5.52. The van der Waals surface area contributed by atoms with E-state index in [2.05, 4.69) is 39.4 Å². The molecule has 1 aromatic carbocycles. The van der Waals surface area contributed by atoms with Gasteiger partial charge in [-0.2, -0.15) is 4.98 Å². The van der Waals surface area contributed by atoms with Crippen molar-refractivity contribution in [3.63, 3.8) is 0 Å². The van der Waals surface area contributed by atoms with Crippen molar-refractivity contribution in [2.45, 2.75) is 29.7 Å². The molecule has 0 saturated carbocycles. The number of nitrogens with one attached hydrogen (secondary N) is 1. The second kappa shape index (κ2) is 4.41. The van der Waals surface area contributed by atoms with Gasteiger partial charge in [-0.25, -0.2) is 5.10 Å². The lowest BCUT2D eigenvalue weighted by atomic mass is 9.92. The van der Waals surface area contributed by atoms with Crippen LogP contribution < -0.4 is 5.73 Å². The number of aromatic amines is 1. The predicted octanol–water partition coefficient (Wildman–Crippen LogP) is 2.04. The zero-order valence-electron chi connectivity index (χ0n) is 9.39. The van der Waals surface area contributed by atoms with Crippen LogP contribution in [0.25, 0.3) is 0 Å². The molecule has 17 heavy (non-hydrogen) atoms. The molecule has 5 heteroatoms. The lowest BCUT2D eigenvalue weighted by molar-refractivity contribution is 0.699. The molecule has 3 N–H and O–H groups in total. The molecule has 0 bridgehead atoms. The van der Waals surface area contributed by atoms with Crippen LogP contribution in [0.15, 0.2) is 29.4 Å². The van der Waals surface area contributed by atoms with Gasteiger partial charge in [0.1, 0.15) is 0 Å². The van der Waals surface area contributed by atoms with Gasteiger partial charge in [0, 0.05) is 5.25 Å². The van der Waals surface area contributed by atoms with E-state index in [0.717, 1.165) is 18.0 Å². The molecule has 0 aliphatic heterocycles. The van der Waals surface area contributed by atoms with E-state index >= 15 is 0 Å². The number of nitrogens with zero attached hydrogens (tertiary/aromatic N) is 2. The Hall–Kier alpha value is -1.49. The summed E-state index contributed by atoms with van der Waals surface area (Å²) < 4.78 is 0. The number of H-pyrrole nitrogens is 1. The molecule has 0 amide bonds. The third-order valence-corrected chi connectivity index (χ3v) is 4.18. The minimum Gasteiger partial charge on any atom is -0.368 e. The first-order valence-electron chi connectivity index (χ1n) is 5.72. The molecule has 1 aliphatic carbocycles. The number of nitrogen functional groups attached to an aromatic ring is 1. The molecular weight excluding hydrogens is 232 g/mol. The molecule has 1 atom stereocenters. The lowest BCUT2D eigenvalue weighted by Gasteiger charge is -2.22. The van der Waals surface area contributed by atoms with E-state index in [0.29, 0.717) is 11.2 Å². The Labute approximate surface area is 104 Å². The lowest BCUT2D eigenvalue weighted by Crippen LogP contribution is -2.16. The predicted molar refractivity (Wildman–Crippen MR) is 68.9 cm³/mol. The van der Waals surface area contributed by atoms with Gasteiger partial charge in [-0.3, -0.25) is 0 Å². The number of nitrogens with two attached hydrogens (primary N) is 1. The van der Waals surface area contributed by atoms with Gasteiger partial charge in [0.05, 0.1) is 0 Å². The highest BCUT2D eigenvalue weighted by atomic mass is 32.2. The third kappa shape index (κ3) is 2.29. The van der Waals surface area contributed by atoms with E-state index in [-0.39, 0.29) is 0 Å². The number of hydrogen-bond donors (Lipinski definition) is 2. The quantitative estimate of drug-likeness (QED) is 0.851. The molecule has 2 aromatic rings. The molecule has 0 spiro atoms. The van der Waals surface area contributed by atoms with Crippen molar-refractivity contribution in [2.75, 3.05) is 5.73 Å². The van der Waals surface area contributed by atoms with E-state index in [1.165, 1.54) is 17.5 Å². The molecule has 0 radical (unpaired) electrons. The Morgan fingerprint density at radius 1 is 1.29 bits per heavy atom. The maximum atomic E-state index is 5.52. The molecule has 3 rings (SSSR count). The average Bonchev–Trinajstić information content (AvgIpc) is 2.75. The second-order valence-corrected chi connectivity index (χ2v) is 5.52. The van der Waals surface area contributed by atoms with E-state index in [1.54, 1.807) is 11.8 Å². The number of fused-ring (bicyclic) bond motifs is 1. The molecule has 0 saturated heterocycles. The minimum absolute atomic E-state index is 0.392. The zero-order valence-corrected chi connectivity index (χ0v) is 10.2. The fourth-order valence-corrected chi connectivity index (χ4v) is 3.27. The zero-order chi connectivity index (χ0) is 11.7. The highest BCUT2D eigenvalue weighted by Gasteiger charge is 2.20. The Bertz CT molecular complexity index is 523. The third-order valence-electron chi connectivity index (χ3n) is 3.06. The monoisotopic (exact) mass is 246 g/mol. The van der Waals surface area contributed by atoms with Crippen molar-refractivity contribution in [2.24, 2.45) is 0 Å². The summed E-state index contributed by atoms with van der Waals surface area (Å²) in [5, 5.41) is 8.05. The van der Waals surface area contributed by atoms with Crippen LogP contribution in [0.2, 0.25) is 0 Å². The summed E-state index contributed by atoms with van der Waals surface area (Å²) >= 11 is 1.72. The van der Waals surface area contributed by atoms with Crippen molar-refractivity contribution in [3.8, 4) is 0 Å². The van der Waals surface area contributed by atoms with Gasteiger partial charge in [0.15, 0.2) is 0 Å². The van der Waals surface area contributed by atoms with Gasteiger partial charge in [-0.15, -0.1) is 5.10 Å². The number of anilines is 1. The summed E-state index contributed by atoms with van der Waals surface area (Å²) in [5.74, 6) is 0.392. The number of aryl methyl sites for hydroxylation is 1. The Kier molecular flexibility index (Phi) is 2.76. The van der Waals surface area contributed by atoms with E-state index < -0.39 is 0 Å². The fraction of sp³-hybridized carbons (Fsp3) is 0.333. The van der Waals surface area contributed by atoms with E-state index in [4.69, 9.17) is 5.73 Å². The van der Waals surface area contributed by atoms with E-state index in [1.807, 2.05) is 0 Å². The molecule has 1 aliphatic rings. The van der Waals surface area contributed by atoms with Gasteiger partial charge in [-0.05, 0) is 30.4 Å². The molecule has 1 heterocycles. The Morgan fingerprint density at radius 3 is 2.88 bits per heavy atom. The number of rotatable bonds is 2. The van der Waals surface area contributed by atoms with Crippen molar-refractivity contribution in [3.05, 3.63) is 35.4 Å². The first kappa shape index (κ1) is 10.7. The van der Waals surface area contributed by atoms with Gasteiger partial charge >= 0.3 is 0 Å². The van der Waals surface area contributed by atoms with Gasteiger partial charge < -0.3 is 5.73 Å². The number of aromatic nitrogens is 3. The van der Waals surface area contributed by atoms with Crippen molar-refractivity contribution in [1.82, 2.24) is 15.2 Å². The van der Waals surface area contributed by atoms with Gasteiger partial charge in [0.25, 0.3) is 0 Å². The largest absolute Gasteiger partial charge is 0.368 e. The molecule has 4 nitrogen and oxygen atoms in total. The first-order valence-corrected chi connectivity index (χ1v) is 6.60.